The van der Waals surface area contributed by atoms with Gasteiger partial charge in [-0.1, -0.05) is 61.9 Å². The number of ether oxygens (including phenoxy) is 1. The summed E-state index contributed by atoms with van der Waals surface area (Å²) in [6.45, 7) is 4.11. The number of halogens is 1. The SMILES string of the molecule is Cc1cc(OC2CCN(C)C2)ccc1Nc1ncc(Cl)c(Nc2ccccc2CC2CCCCC2)n1. The Bertz CT molecular complexity index is 1180. The molecule has 1 saturated heterocycles. The van der Waals surface area contributed by atoms with Gasteiger partial charge in [-0.15, -0.1) is 0 Å². The van der Waals surface area contributed by atoms with Crippen molar-refractivity contribution in [2.24, 2.45) is 5.92 Å². The molecule has 190 valence electrons. The second-order valence-corrected chi connectivity index (χ2v) is 10.7. The highest BCUT2D eigenvalue weighted by atomic mass is 35.5. The number of hydrogen-bond donors (Lipinski definition) is 2. The van der Waals surface area contributed by atoms with Gasteiger partial charge in [-0.05, 0) is 68.1 Å². The molecule has 0 spiro atoms. The highest BCUT2D eigenvalue weighted by Gasteiger charge is 2.21. The van der Waals surface area contributed by atoms with Crippen LogP contribution in [0.25, 0.3) is 0 Å². The first-order valence-electron chi connectivity index (χ1n) is 13.1. The largest absolute Gasteiger partial charge is 0.489 e. The van der Waals surface area contributed by atoms with E-state index in [1.807, 2.05) is 12.1 Å². The fourth-order valence-electron chi connectivity index (χ4n) is 5.32. The highest BCUT2D eigenvalue weighted by molar-refractivity contribution is 6.32. The van der Waals surface area contributed by atoms with E-state index in [4.69, 9.17) is 21.3 Å². The van der Waals surface area contributed by atoms with Gasteiger partial charge in [-0.3, -0.25) is 0 Å². The topological polar surface area (TPSA) is 62.3 Å². The standard InChI is InChI=1S/C29H36ClN5O/c1-20-16-23(36-24-14-15-35(2)19-24)12-13-26(20)33-29-31-18-25(30)28(34-29)32-27-11-7-6-10-22(27)17-21-8-4-3-5-9-21/h6-7,10-13,16,18,21,24H,3-5,8-9,14-15,17,19H2,1-2H3,(H2,31,32,33,34). The van der Waals surface area contributed by atoms with Crippen LogP contribution in [0.2, 0.25) is 5.02 Å². The van der Waals surface area contributed by atoms with Crippen LogP contribution < -0.4 is 15.4 Å². The zero-order chi connectivity index (χ0) is 24.9. The third kappa shape index (κ3) is 6.29. The number of anilines is 4. The Kier molecular flexibility index (Phi) is 7.93. The quantitative estimate of drug-likeness (QED) is 0.339. The molecule has 2 fully saturated rings. The van der Waals surface area contributed by atoms with Gasteiger partial charge in [-0.25, -0.2) is 4.98 Å². The summed E-state index contributed by atoms with van der Waals surface area (Å²) in [5.74, 6) is 2.76. The van der Waals surface area contributed by atoms with Gasteiger partial charge >= 0.3 is 0 Å². The third-order valence-corrected chi connectivity index (χ3v) is 7.62. The minimum Gasteiger partial charge on any atom is -0.489 e. The van der Waals surface area contributed by atoms with Crippen molar-refractivity contribution in [2.45, 2.75) is 58.0 Å². The van der Waals surface area contributed by atoms with E-state index < -0.39 is 0 Å². The average molecular weight is 506 g/mol. The van der Waals surface area contributed by atoms with Crippen LogP contribution in [0, 0.1) is 12.8 Å². The Labute approximate surface area is 219 Å². The molecule has 5 rings (SSSR count). The number of likely N-dealkylation sites (tertiary alicyclic amines) is 1. The normalized spacial score (nSPS) is 18.8. The minimum atomic E-state index is 0.252. The first-order valence-corrected chi connectivity index (χ1v) is 13.5. The van der Waals surface area contributed by atoms with Crippen molar-refractivity contribution in [2.75, 3.05) is 30.8 Å². The molecule has 2 aromatic carbocycles. The Hall–Kier alpha value is -2.83. The van der Waals surface area contributed by atoms with Crippen molar-refractivity contribution in [3.63, 3.8) is 0 Å². The highest BCUT2D eigenvalue weighted by Crippen LogP contribution is 2.32. The van der Waals surface area contributed by atoms with Gasteiger partial charge in [0, 0.05) is 24.5 Å². The second kappa shape index (κ2) is 11.5. The van der Waals surface area contributed by atoms with Crippen LogP contribution in [-0.4, -0.2) is 41.1 Å². The lowest BCUT2D eigenvalue weighted by Crippen LogP contribution is -2.21. The van der Waals surface area contributed by atoms with Crippen LogP contribution in [0.3, 0.4) is 0 Å². The Morgan fingerprint density at radius 2 is 1.86 bits per heavy atom. The Balaban J connectivity index is 1.28. The minimum absolute atomic E-state index is 0.252. The first-order chi connectivity index (χ1) is 17.5. The molecule has 1 aliphatic carbocycles. The van der Waals surface area contributed by atoms with Crippen LogP contribution in [0.5, 0.6) is 5.75 Å². The van der Waals surface area contributed by atoms with E-state index in [1.54, 1.807) is 6.20 Å². The molecule has 1 unspecified atom stereocenters. The summed E-state index contributed by atoms with van der Waals surface area (Å²) in [5, 5.41) is 7.32. The number of rotatable bonds is 8. The van der Waals surface area contributed by atoms with Crippen molar-refractivity contribution < 1.29 is 4.74 Å². The van der Waals surface area contributed by atoms with E-state index in [0.717, 1.165) is 54.5 Å². The number of benzene rings is 2. The lowest BCUT2D eigenvalue weighted by Gasteiger charge is -2.23. The Morgan fingerprint density at radius 1 is 1.03 bits per heavy atom. The van der Waals surface area contributed by atoms with Crippen molar-refractivity contribution in [3.05, 3.63) is 64.8 Å². The summed E-state index contributed by atoms with van der Waals surface area (Å²) in [4.78, 5) is 11.4. The molecule has 2 aliphatic rings. The molecule has 6 nitrogen and oxygen atoms in total. The molecule has 0 bridgehead atoms. The van der Waals surface area contributed by atoms with Crippen LogP contribution in [0.4, 0.5) is 23.1 Å². The lowest BCUT2D eigenvalue weighted by atomic mass is 9.84. The Morgan fingerprint density at radius 3 is 2.64 bits per heavy atom. The average Bonchev–Trinajstić information content (AvgIpc) is 3.29. The van der Waals surface area contributed by atoms with Gasteiger partial charge in [0.05, 0.1) is 6.20 Å². The maximum atomic E-state index is 6.50. The van der Waals surface area contributed by atoms with Gasteiger partial charge < -0.3 is 20.3 Å². The zero-order valence-electron chi connectivity index (χ0n) is 21.3. The fraction of sp³-hybridized carbons (Fsp3) is 0.448. The summed E-state index contributed by atoms with van der Waals surface area (Å²) in [5.41, 5.74) is 4.39. The van der Waals surface area contributed by atoms with Gasteiger partial charge in [0.15, 0.2) is 5.82 Å². The van der Waals surface area contributed by atoms with E-state index in [-0.39, 0.29) is 6.10 Å². The van der Waals surface area contributed by atoms with Gasteiger partial charge in [0.1, 0.15) is 16.9 Å². The predicted octanol–water partition coefficient (Wildman–Crippen LogP) is 7.13. The maximum Gasteiger partial charge on any atom is 0.229 e. The number of aryl methyl sites for hydroxylation is 1. The number of nitrogens with one attached hydrogen (secondary N) is 2. The third-order valence-electron chi connectivity index (χ3n) is 7.34. The summed E-state index contributed by atoms with van der Waals surface area (Å²) >= 11 is 6.50. The van der Waals surface area contributed by atoms with Crippen molar-refractivity contribution in [1.82, 2.24) is 14.9 Å². The molecular formula is C29H36ClN5O. The number of likely N-dealkylation sites (N-methyl/N-ethyl adjacent to an activating group) is 1. The number of aromatic nitrogens is 2. The van der Waals surface area contributed by atoms with E-state index >= 15 is 0 Å². The molecule has 1 atom stereocenters. The van der Waals surface area contributed by atoms with E-state index in [1.165, 1.54) is 37.7 Å². The molecule has 36 heavy (non-hydrogen) atoms. The molecule has 3 aromatic rings. The molecule has 7 heteroatoms. The number of hydrogen-bond acceptors (Lipinski definition) is 6. The van der Waals surface area contributed by atoms with Gasteiger partial charge in [0.25, 0.3) is 0 Å². The van der Waals surface area contributed by atoms with Crippen molar-refractivity contribution in [3.8, 4) is 5.75 Å². The lowest BCUT2D eigenvalue weighted by molar-refractivity contribution is 0.208. The molecule has 1 aromatic heterocycles. The van der Waals surface area contributed by atoms with E-state index in [0.29, 0.717) is 16.8 Å². The molecule has 2 heterocycles. The number of para-hydroxylation sites is 1. The van der Waals surface area contributed by atoms with Crippen LogP contribution in [-0.2, 0) is 6.42 Å². The van der Waals surface area contributed by atoms with Crippen LogP contribution in [0.1, 0.15) is 49.7 Å². The van der Waals surface area contributed by atoms with Crippen molar-refractivity contribution in [1.29, 1.82) is 0 Å². The molecular weight excluding hydrogens is 470 g/mol. The van der Waals surface area contributed by atoms with Crippen LogP contribution >= 0.6 is 11.6 Å². The van der Waals surface area contributed by atoms with E-state index in [2.05, 4.69) is 64.8 Å². The molecule has 0 radical (unpaired) electrons. The second-order valence-electron chi connectivity index (χ2n) is 10.3. The maximum absolute atomic E-state index is 6.50. The van der Waals surface area contributed by atoms with Crippen LogP contribution in [0.15, 0.2) is 48.7 Å². The monoisotopic (exact) mass is 505 g/mol. The smallest absolute Gasteiger partial charge is 0.229 e. The summed E-state index contributed by atoms with van der Waals surface area (Å²) in [6, 6.07) is 14.6. The van der Waals surface area contributed by atoms with Gasteiger partial charge in [0.2, 0.25) is 5.95 Å². The molecule has 1 aliphatic heterocycles. The summed E-state index contributed by atoms with van der Waals surface area (Å²) in [6.07, 6.45) is 10.7. The predicted molar refractivity (Wildman–Crippen MR) is 148 cm³/mol. The fourth-order valence-corrected chi connectivity index (χ4v) is 5.46. The van der Waals surface area contributed by atoms with E-state index in [9.17, 15) is 0 Å². The zero-order valence-corrected chi connectivity index (χ0v) is 22.0. The summed E-state index contributed by atoms with van der Waals surface area (Å²) in [7, 11) is 2.13. The van der Waals surface area contributed by atoms with Crippen molar-refractivity contribution >= 4 is 34.7 Å². The summed E-state index contributed by atoms with van der Waals surface area (Å²) < 4.78 is 6.17. The molecule has 2 N–H and O–H groups in total. The molecule has 0 amide bonds. The number of nitrogens with zero attached hydrogens (tertiary/aromatic N) is 3. The molecule has 1 saturated carbocycles. The first kappa shape index (κ1) is 24.8. The van der Waals surface area contributed by atoms with Gasteiger partial charge in [-0.2, -0.15) is 4.98 Å².